The summed E-state index contributed by atoms with van der Waals surface area (Å²) in [6.07, 6.45) is 1.17. The van der Waals surface area contributed by atoms with Crippen molar-refractivity contribution < 1.29 is 14.3 Å². The Morgan fingerprint density at radius 2 is 1.93 bits per heavy atom. The van der Waals surface area contributed by atoms with E-state index in [1.54, 1.807) is 14.1 Å². The van der Waals surface area contributed by atoms with E-state index in [1.165, 1.54) is 4.90 Å². The first-order valence-corrected chi connectivity index (χ1v) is 10.4. The minimum atomic E-state index is -0.0705. The molecule has 1 amide bonds. The van der Waals surface area contributed by atoms with Gasteiger partial charge >= 0.3 is 0 Å². The van der Waals surface area contributed by atoms with Gasteiger partial charge < -0.3 is 25.0 Å². The molecule has 0 bridgehead atoms. The van der Waals surface area contributed by atoms with E-state index in [0.717, 1.165) is 37.6 Å². The van der Waals surface area contributed by atoms with Crippen molar-refractivity contribution in [3.05, 3.63) is 29.8 Å². The first-order valence-electron chi connectivity index (χ1n) is 10.4. The third kappa shape index (κ3) is 11.6. The molecule has 0 aliphatic heterocycles. The Kier molecular flexibility index (Phi) is 15.3. The number of likely N-dealkylation sites (N-methyl/N-ethyl adjacent to an activating group) is 1. The van der Waals surface area contributed by atoms with Crippen molar-refractivity contribution in [2.45, 2.75) is 46.8 Å². The average molecular weight is 534 g/mol. The van der Waals surface area contributed by atoms with E-state index in [4.69, 9.17) is 9.47 Å². The van der Waals surface area contributed by atoms with E-state index < -0.39 is 0 Å². The third-order valence-corrected chi connectivity index (χ3v) is 4.37. The lowest BCUT2D eigenvalue weighted by atomic mass is 10.0. The van der Waals surface area contributed by atoms with Crippen molar-refractivity contribution in [3.63, 3.8) is 0 Å². The molecule has 0 saturated carbocycles. The molecule has 0 aromatic heterocycles. The third-order valence-electron chi connectivity index (χ3n) is 4.37. The van der Waals surface area contributed by atoms with Gasteiger partial charge in [0.1, 0.15) is 5.75 Å². The Morgan fingerprint density at radius 1 is 1.20 bits per heavy atom. The summed E-state index contributed by atoms with van der Waals surface area (Å²) < 4.78 is 11.4. The predicted octanol–water partition coefficient (Wildman–Crippen LogP) is 3.28. The number of aliphatic imine (C=N–C) groups is 1. The van der Waals surface area contributed by atoms with Crippen molar-refractivity contribution in [2.75, 3.05) is 40.4 Å². The highest BCUT2D eigenvalue weighted by molar-refractivity contribution is 14.0. The molecule has 30 heavy (non-hydrogen) atoms. The van der Waals surface area contributed by atoms with E-state index in [2.05, 4.69) is 29.5 Å². The fraction of sp³-hybridized carbons (Fsp3) is 0.636. The van der Waals surface area contributed by atoms with Gasteiger partial charge in [0.05, 0.1) is 12.6 Å². The predicted molar refractivity (Wildman–Crippen MR) is 134 cm³/mol. The van der Waals surface area contributed by atoms with Crippen molar-refractivity contribution >= 4 is 35.8 Å². The molecule has 0 aliphatic carbocycles. The number of ether oxygens (including phenoxy) is 2. The number of nitrogens with zero attached hydrogens (tertiary/aromatic N) is 2. The Morgan fingerprint density at radius 3 is 2.53 bits per heavy atom. The molecular formula is C22H39IN4O3. The number of nitrogens with one attached hydrogen (secondary N) is 2. The number of rotatable bonds is 12. The molecule has 0 fully saturated rings. The highest BCUT2D eigenvalue weighted by atomic mass is 127. The van der Waals surface area contributed by atoms with Gasteiger partial charge in [-0.25, -0.2) is 4.99 Å². The molecule has 7 nitrogen and oxygen atoms in total. The lowest BCUT2D eigenvalue weighted by Crippen LogP contribution is -2.39. The smallest absolute Gasteiger partial charge is 0.259 e. The molecule has 1 rings (SSSR count). The van der Waals surface area contributed by atoms with E-state index in [9.17, 15) is 4.79 Å². The molecule has 8 heteroatoms. The number of halogens is 1. The molecule has 1 aromatic rings. The van der Waals surface area contributed by atoms with Gasteiger partial charge in [0, 0.05) is 33.8 Å². The maximum atomic E-state index is 11.7. The topological polar surface area (TPSA) is 75.2 Å². The summed E-state index contributed by atoms with van der Waals surface area (Å²) in [4.78, 5) is 17.8. The van der Waals surface area contributed by atoms with Gasteiger partial charge in [-0.05, 0) is 43.9 Å². The second-order valence-electron chi connectivity index (χ2n) is 7.37. The quantitative estimate of drug-likeness (QED) is 0.245. The van der Waals surface area contributed by atoms with Crippen molar-refractivity contribution in [2.24, 2.45) is 10.9 Å². The summed E-state index contributed by atoms with van der Waals surface area (Å²) in [5.74, 6) is 1.86. The van der Waals surface area contributed by atoms with Crippen LogP contribution < -0.4 is 15.4 Å². The van der Waals surface area contributed by atoms with E-state index in [-0.39, 0.29) is 42.6 Å². The Bertz CT molecular complexity index is 639. The zero-order valence-electron chi connectivity index (χ0n) is 19.2. The normalized spacial score (nSPS) is 12.2. The largest absolute Gasteiger partial charge is 0.484 e. The first kappa shape index (κ1) is 28.5. The molecule has 0 radical (unpaired) electrons. The van der Waals surface area contributed by atoms with Crippen LogP contribution in [0.15, 0.2) is 29.3 Å². The number of guanidine groups is 1. The summed E-state index contributed by atoms with van der Waals surface area (Å²) in [5.41, 5.74) is 1.02. The average Bonchev–Trinajstić information content (AvgIpc) is 2.69. The first-order chi connectivity index (χ1) is 13.9. The second-order valence-corrected chi connectivity index (χ2v) is 7.37. The highest BCUT2D eigenvalue weighted by Crippen LogP contribution is 2.14. The maximum absolute atomic E-state index is 11.7. The SMILES string of the molecule is CCNC(=NCc1cccc(OCC(=O)N(C)C)c1)NCCC(OCC)C(C)C.I. The van der Waals surface area contributed by atoms with Crippen LogP contribution in [-0.4, -0.2) is 63.3 Å². The van der Waals surface area contributed by atoms with Gasteiger partial charge in [-0.1, -0.05) is 26.0 Å². The zero-order valence-corrected chi connectivity index (χ0v) is 21.6. The lowest BCUT2D eigenvalue weighted by molar-refractivity contribution is -0.130. The van der Waals surface area contributed by atoms with Gasteiger partial charge in [0.25, 0.3) is 5.91 Å². The maximum Gasteiger partial charge on any atom is 0.259 e. The van der Waals surface area contributed by atoms with Crippen LogP contribution in [0.3, 0.4) is 0 Å². The second kappa shape index (κ2) is 16.2. The molecule has 0 aliphatic rings. The number of amides is 1. The number of hydrogen-bond donors (Lipinski definition) is 2. The summed E-state index contributed by atoms with van der Waals surface area (Å²) in [6, 6.07) is 7.67. The molecule has 0 saturated heterocycles. The molecule has 0 heterocycles. The fourth-order valence-corrected chi connectivity index (χ4v) is 2.68. The van der Waals surface area contributed by atoms with Crippen LogP contribution in [0.4, 0.5) is 0 Å². The van der Waals surface area contributed by atoms with Crippen molar-refractivity contribution in [1.82, 2.24) is 15.5 Å². The van der Waals surface area contributed by atoms with Gasteiger partial charge in [-0.15, -0.1) is 24.0 Å². The molecule has 0 spiro atoms. The molecule has 1 unspecified atom stereocenters. The highest BCUT2D eigenvalue weighted by Gasteiger charge is 2.13. The molecule has 2 N–H and O–H groups in total. The van der Waals surface area contributed by atoms with E-state index in [1.807, 2.05) is 38.1 Å². The number of carbonyl (C=O) groups excluding carboxylic acids is 1. The molecule has 1 aromatic carbocycles. The minimum Gasteiger partial charge on any atom is -0.484 e. The fourth-order valence-electron chi connectivity index (χ4n) is 2.68. The van der Waals surface area contributed by atoms with Crippen LogP contribution in [0.5, 0.6) is 5.75 Å². The molecular weight excluding hydrogens is 495 g/mol. The standard InChI is InChI=1S/C22H38N4O3.HI/c1-7-23-22(24-13-12-20(17(3)4)28-8-2)25-15-18-10-9-11-19(14-18)29-16-21(27)26(5)6;/h9-11,14,17,20H,7-8,12-13,15-16H2,1-6H3,(H2,23,24,25);1H. The zero-order chi connectivity index (χ0) is 21.6. The minimum absolute atomic E-state index is 0. The van der Waals surface area contributed by atoms with Gasteiger partial charge in [0.2, 0.25) is 0 Å². The van der Waals surface area contributed by atoms with Crippen LogP contribution in [0.2, 0.25) is 0 Å². The Hall–Kier alpha value is -1.55. The number of hydrogen-bond acceptors (Lipinski definition) is 4. The van der Waals surface area contributed by atoms with Gasteiger partial charge in [-0.3, -0.25) is 4.79 Å². The Labute approximate surface area is 199 Å². The summed E-state index contributed by atoms with van der Waals surface area (Å²) >= 11 is 0. The van der Waals surface area contributed by atoms with Crippen LogP contribution in [0, 0.1) is 5.92 Å². The van der Waals surface area contributed by atoms with E-state index in [0.29, 0.717) is 18.2 Å². The van der Waals surface area contributed by atoms with Crippen LogP contribution in [0.1, 0.15) is 39.7 Å². The van der Waals surface area contributed by atoms with E-state index >= 15 is 0 Å². The van der Waals surface area contributed by atoms with Crippen LogP contribution in [-0.2, 0) is 16.1 Å². The van der Waals surface area contributed by atoms with Crippen molar-refractivity contribution in [1.29, 1.82) is 0 Å². The summed E-state index contributed by atoms with van der Waals surface area (Å²) in [7, 11) is 3.42. The Balaban J connectivity index is 0.00000841. The van der Waals surface area contributed by atoms with Crippen LogP contribution in [0.25, 0.3) is 0 Å². The summed E-state index contributed by atoms with van der Waals surface area (Å²) in [5, 5.41) is 6.65. The van der Waals surface area contributed by atoms with Gasteiger partial charge in [-0.2, -0.15) is 0 Å². The molecule has 1 atom stereocenters. The lowest BCUT2D eigenvalue weighted by Gasteiger charge is -2.21. The monoisotopic (exact) mass is 534 g/mol. The number of carbonyl (C=O) groups is 1. The summed E-state index contributed by atoms with van der Waals surface area (Å²) in [6.45, 7) is 11.3. The van der Waals surface area contributed by atoms with Crippen LogP contribution >= 0.6 is 24.0 Å². The van der Waals surface area contributed by atoms with Gasteiger partial charge in [0.15, 0.2) is 12.6 Å². The van der Waals surface area contributed by atoms with Crippen molar-refractivity contribution in [3.8, 4) is 5.75 Å². The number of benzene rings is 1. The molecule has 172 valence electrons.